The summed E-state index contributed by atoms with van der Waals surface area (Å²) in [5.41, 5.74) is 2.50. The van der Waals surface area contributed by atoms with Crippen LogP contribution in [0.4, 0.5) is 0 Å². The van der Waals surface area contributed by atoms with Gasteiger partial charge in [-0.15, -0.1) is 0 Å². The van der Waals surface area contributed by atoms with Gasteiger partial charge in [-0.2, -0.15) is 0 Å². The molecule has 0 radical (unpaired) electrons. The lowest BCUT2D eigenvalue weighted by Crippen LogP contribution is -2.44. The standard InChI is InChI=1S/C21H36N4O3S/c1-5-22-21(24-18(3)9-14-29(4,26)27)23-16-20(25-10-12-28-13-11-25)19-8-6-7-17(2)15-19/h6-8,15,18,20H,5,9-14,16H2,1-4H3,(H2,22,23,24). The van der Waals surface area contributed by atoms with E-state index in [0.717, 1.165) is 38.8 Å². The molecule has 2 N–H and O–H groups in total. The largest absolute Gasteiger partial charge is 0.379 e. The van der Waals surface area contributed by atoms with E-state index >= 15 is 0 Å². The number of ether oxygens (including phenoxy) is 1. The first-order valence-corrected chi connectivity index (χ1v) is 12.5. The van der Waals surface area contributed by atoms with Crippen LogP contribution in [-0.2, 0) is 14.6 Å². The van der Waals surface area contributed by atoms with Crippen LogP contribution < -0.4 is 10.6 Å². The van der Waals surface area contributed by atoms with Gasteiger partial charge in [-0.05, 0) is 32.8 Å². The summed E-state index contributed by atoms with van der Waals surface area (Å²) in [7, 11) is -2.97. The van der Waals surface area contributed by atoms with Crippen molar-refractivity contribution in [3.8, 4) is 0 Å². The van der Waals surface area contributed by atoms with Crippen molar-refractivity contribution in [2.75, 3.05) is 51.4 Å². The van der Waals surface area contributed by atoms with Gasteiger partial charge in [0.05, 0.1) is 31.6 Å². The highest BCUT2D eigenvalue weighted by Crippen LogP contribution is 2.23. The Bertz CT molecular complexity index is 761. The molecule has 0 aliphatic carbocycles. The molecule has 1 aromatic rings. The number of aryl methyl sites for hydroxylation is 1. The molecule has 8 heteroatoms. The van der Waals surface area contributed by atoms with Gasteiger partial charge in [-0.3, -0.25) is 9.89 Å². The number of sulfone groups is 1. The minimum absolute atomic E-state index is 0.0170. The van der Waals surface area contributed by atoms with Crippen molar-refractivity contribution < 1.29 is 13.2 Å². The maximum absolute atomic E-state index is 11.4. The van der Waals surface area contributed by atoms with E-state index in [-0.39, 0.29) is 17.8 Å². The van der Waals surface area contributed by atoms with Crippen LogP contribution in [0, 0.1) is 6.92 Å². The van der Waals surface area contributed by atoms with Gasteiger partial charge in [0.25, 0.3) is 0 Å². The fourth-order valence-corrected chi connectivity index (χ4v) is 4.17. The van der Waals surface area contributed by atoms with E-state index < -0.39 is 9.84 Å². The van der Waals surface area contributed by atoms with E-state index in [0.29, 0.717) is 13.0 Å². The minimum Gasteiger partial charge on any atom is -0.379 e. The zero-order chi connectivity index (χ0) is 21.3. The van der Waals surface area contributed by atoms with E-state index in [4.69, 9.17) is 9.73 Å². The third-order valence-corrected chi connectivity index (χ3v) is 5.96. The summed E-state index contributed by atoms with van der Waals surface area (Å²) in [5.74, 6) is 0.889. The van der Waals surface area contributed by atoms with Gasteiger partial charge in [0.15, 0.2) is 5.96 Å². The number of rotatable bonds is 9. The zero-order valence-corrected chi connectivity index (χ0v) is 19.0. The summed E-state index contributed by atoms with van der Waals surface area (Å²) >= 11 is 0. The molecule has 1 saturated heterocycles. The lowest BCUT2D eigenvalue weighted by molar-refractivity contribution is 0.0179. The van der Waals surface area contributed by atoms with E-state index in [1.54, 1.807) is 0 Å². The molecule has 0 saturated carbocycles. The topological polar surface area (TPSA) is 83.0 Å². The Kier molecular flexibility index (Phi) is 9.39. The SMILES string of the molecule is CCNC(=NCC(c1cccc(C)c1)N1CCOCC1)NC(C)CCS(C)(=O)=O. The molecular weight excluding hydrogens is 388 g/mol. The minimum atomic E-state index is -2.97. The van der Waals surface area contributed by atoms with Crippen LogP contribution >= 0.6 is 0 Å². The summed E-state index contributed by atoms with van der Waals surface area (Å²) in [4.78, 5) is 7.27. The average molecular weight is 425 g/mol. The van der Waals surface area contributed by atoms with Gasteiger partial charge in [0, 0.05) is 31.9 Å². The molecule has 2 rings (SSSR count). The van der Waals surface area contributed by atoms with Crippen LogP contribution in [0.15, 0.2) is 29.3 Å². The van der Waals surface area contributed by atoms with Crippen molar-refractivity contribution >= 4 is 15.8 Å². The predicted octanol–water partition coefficient (Wildman–Crippen LogP) is 1.75. The number of benzene rings is 1. The Balaban J connectivity index is 2.11. The zero-order valence-electron chi connectivity index (χ0n) is 18.1. The highest BCUT2D eigenvalue weighted by molar-refractivity contribution is 7.90. The van der Waals surface area contributed by atoms with Gasteiger partial charge in [-0.25, -0.2) is 8.42 Å². The molecule has 1 fully saturated rings. The van der Waals surface area contributed by atoms with Crippen LogP contribution in [-0.4, -0.2) is 76.7 Å². The van der Waals surface area contributed by atoms with Gasteiger partial charge >= 0.3 is 0 Å². The molecule has 0 bridgehead atoms. The van der Waals surface area contributed by atoms with E-state index in [1.165, 1.54) is 17.4 Å². The number of hydrogen-bond acceptors (Lipinski definition) is 5. The Morgan fingerprint density at radius 3 is 2.66 bits per heavy atom. The molecule has 164 valence electrons. The van der Waals surface area contributed by atoms with Crippen molar-refractivity contribution in [1.29, 1.82) is 0 Å². The van der Waals surface area contributed by atoms with E-state index in [9.17, 15) is 8.42 Å². The fourth-order valence-electron chi connectivity index (χ4n) is 3.39. The number of guanidine groups is 1. The first-order chi connectivity index (χ1) is 13.8. The normalized spacial score (nSPS) is 18.3. The van der Waals surface area contributed by atoms with Crippen LogP contribution in [0.3, 0.4) is 0 Å². The van der Waals surface area contributed by atoms with Crippen LogP contribution in [0.25, 0.3) is 0 Å². The summed E-state index contributed by atoms with van der Waals surface area (Å²) in [6.07, 6.45) is 1.82. The maximum Gasteiger partial charge on any atom is 0.191 e. The first-order valence-electron chi connectivity index (χ1n) is 10.4. The van der Waals surface area contributed by atoms with Crippen LogP contribution in [0.2, 0.25) is 0 Å². The van der Waals surface area contributed by atoms with Crippen molar-refractivity contribution in [1.82, 2.24) is 15.5 Å². The molecule has 7 nitrogen and oxygen atoms in total. The Morgan fingerprint density at radius 2 is 2.03 bits per heavy atom. The van der Waals surface area contributed by atoms with Gasteiger partial charge in [0.2, 0.25) is 0 Å². The second-order valence-electron chi connectivity index (χ2n) is 7.76. The Labute approximate surface area is 175 Å². The molecule has 1 aliphatic rings. The van der Waals surface area contributed by atoms with E-state index in [2.05, 4.69) is 46.7 Å². The highest BCUT2D eigenvalue weighted by Gasteiger charge is 2.23. The molecule has 0 spiro atoms. The fraction of sp³-hybridized carbons (Fsp3) is 0.667. The summed E-state index contributed by atoms with van der Waals surface area (Å²) in [6.45, 7) is 10.8. The molecule has 1 aromatic carbocycles. The molecule has 0 amide bonds. The summed E-state index contributed by atoms with van der Waals surface area (Å²) in [5, 5.41) is 6.62. The molecule has 0 aromatic heterocycles. The number of aliphatic imine (C=N–C) groups is 1. The number of nitrogens with one attached hydrogen (secondary N) is 2. The Morgan fingerprint density at radius 1 is 1.31 bits per heavy atom. The average Bonchev–Trinajstić information content (AvgIpc) is 2.67. The monoisotopic (exact) mass is 424 g/mol. The third kappa shape index (κ3) is 8.72. The predicted molar refractivity (Wildman–Crippen MR) is 119 cm³/mol. The highest BCUT2D eigenvalue weighted by atomic mass is 32.2. The van der Waals surface area contributed by atoms with Crippen molar-refractivity contribution in [2.45, 2.75) is 39.3 Å². The molecule has 29 heavy (non-hydrogen) atoms. The number of nitrogens with zero attached hydrogens (tertiary/aromatic N) is 2. The smallest absolute Gasteiger partial charge is 0.191 e. The molecule has 1 aliphatic heterocycles. The second-order valence-corrected chi connectivity index (χ2v) is 10.0. The summed E-state index contributed by atoms with van der Waals surface area (Å²) < 4.78 is 28.4. The van der Waals surface area contributed by atoms with Crippen LogP contribution in [0.1, 0.15) is 37.4 Å². The summed E-state index contributed by atoms with van der Waals surface area (Å²) in [6, 6.07) is 8.79. The van der Waals surface area contributed by atoms with Crippen molar-refractivity contribution in [2.24, 2.45) is 4.99 Å². The molecule has 1 heterocycles. The van der Waals surface area contributed by atoms with E-state index in [1.807, 2.05) is 13.8 Å². The quantitative estimate of drug-likeness (QED) is 0.464. The Hall–Kier alpha value is -1.64. The molecule has 2 unspecified atom stereocenters. The van der Waals surface area contributed by atoms with Crippen molar-refractivity contribution in [3.63, 3.8) is 0 Å². The number of hydrogen-bond donors (Lipinski definition) is 2. The number of morpholine rings is 1. The maximum atomic E-state index is 11.4. The third-order valence-electron chi connectivity index (χ3n) is 4.98. The van der Waals surface area contributed by atoms with Crippen LogP contribution in [0.5, 0.6) is 0 Å². The molecular formula is C21H36N4O3S. The van der Waals surface area contributed by atoms with Gasteiger partial charge in [0.1, 0.15) is 9.84 Å². The first kappa shape index (κ1) is 23.6. The lowest BCUT2D eigenvalue weighted by Gasteiger charge is -2.34. The van der Waals surface area contributed by atoms with Gasteiger partial charge < -0.3 is 15.4 Å². The van der Waals surface area contributed by atoms with Crippen molar-refractivity contribution in [3.05, 3.63) is 35.4 Å². The van der Waals surface area contributed by atoms with Gasteiger partial charge in [-0.1, -0.05) is 29.8 Å². The lowest BCUT2D eigenvalue weighted by atomic mass is 10.0. The molecule has 2 atom stereocenters. The second kappa shape index (κ2) is 11.5.